The van der Waals surface area contributed by atoms with Crippen molar-refractivity contribution in [3.8, 4) is 0 Å². The predicted octanol–water partition coefficient (Wildman–Crippen LogP) is 5.46. The molecule has 1 N–H and O–H groups in total. The number of benzene rings is 3. The second-order valence-electron chi connectivity index (χ2n) is 7.21. The highest BCUT2D eigenvalue weighted by molar-refractivity contribution is 7.99. The van der Waals surface area contributed by atoms with E-state index in [1.807, 2.05) is 30.0 Å². The molecule has 1 aliphatic rings. The quantitative estimate of drug-likeness (QED) is 0.535. The van der Waals surface area contributed by atoms with E-state index in [2.05, 4.69) is 5.32 Å². The van der Waals surface area contributed by atoms with Gasteiger partial charge < -0.3 is 5.32 Å². The maximum atomic E-state index is 12.9. The maximum absolute atomic E-state index is 12.9. The van der Waals surface area contributed by atoms with E-state index in [0.717, 1.165) is 18.6 Å². The van der Waals surface area contributed by atoms with E-state index < -0.39 is 10.0 Å². The zero-order chi connectivity index (χ0) is 22.0. The third-order valence-corrected chi connectivity index (χ3v) is 8.35. The number of hydrogen-bond donors (Lipinski definition) is 1. The molecule has 0 radical (unpaired) electrons. The molecule has 5 nitrogen and oxygen atoms in total. The van der Waals surface area contributed by atoms with Gasteiger partial charge in [-0.15, -0.1) is 11.8 Å². The number of rotatable bonds is 5. The molecule has 3 aromatic carbocycles. The number of nitrogens with one attached hydrogen (secondary N) is 1. The van der Waals surface area contributed by atoms with Gasteiger partial charge in [-0.3, -0.25) is 9.10 Å². The van der Waals surface area contributed by atoms with E-state index in [9.17, 15) is 13.2 Å². The lowest BCUT2D eigenvalue weighted by Gasteiger charge is -2.20. The number of fused-ring (bicyclic) bond motifs is 1. The summed E-state index contributed by atoms with van der Waals surface area (Å²) in [5, 5.41) is 3.30. The molecule has 0 aliphatic carbocycles. The number of amides is 1. The Bertz CT molecular complexity index is 1230. The lowest BCUT2D eigenvalue weighted by molar-refractivity contribution is 0.102. The first-order chi connectivity index (χ1) is 14.8. The molecule has 0 fully saturated rings. The summed E-state index contributed by atoms with van der Waals surface area (Å²) in [6, 6.07) is 18.5. The highest BCUT2D eigenvalue weighted by atomic mass is 35.5. The van der Waals surface area contributed by atoms with Crippen LogP contribution >= 0.6 is 23.4 Å². The number of thioether (sulfide) groups is 1. The number of sulfonamides is 1. The molecule has 1 amide bonds. The highest BCUT2D eigenvalue weighted by Gasteiger charge is 2.21. The van der Waals surface area contributed by atoms with Gasteiger partial charge in [-0.2, -0.15) is 0 Å². The molecule has 4 rings (SSSR count). The van der Waals surface area contributed by atoms with Gasteiger partial charge in [0.05, 0.1) is 10.6 Å². The van der Waals surface area contributed by atoms with Crippen molar-refractivity contribution in [3.05, 3.63) is 82.9 Å². The van der Waals surface area contributed by atoms with Crippen LogP contribution in [0.3, 0.4) is 0 Å². The lowest BCUT2D eigenvalue weighted by atomic mass is 10.1. The minimum absolute atomic E-state index is 0.124. The van der Waals surface area contributed by atoms with Crippen LogP contribution in [0.1, 0.15) is 22.3 Å². The zero-order valence-electron chi connectivity index (χ0n) is 16.8. The molecule has 1 aliphatic heterocycles. The topological polar surface area (TPSA) is 66.5 Å². The summed E-state index contributed by atoms with van der Waals surface area (Å²) >= 11 is 7.80. The molecule has 8 heteroatoms. The summed E-state index contributed by atoms with van der Waals surface area (Å²) in [4.78, 5) is 14.0. The standard InChI is InChI=1S/C23H21ClN2O3S2/c1-26(20-6-2-5-18(24)15-20)31(28,29)21-10-8-19(9-11-21)25-23(27)17-7-12-22-16(14-17)4-3-13-30-22/h2,5-12,14-15H,3-4,13H2,1H3,(H,25,27). The molecular weight excluding hydrogens is 452 g/mol. The molecule has 0 saturated carbocycles. The first kappa shape index (κ1) is 21.7. The van der Waals surface area contributed by atoms with Gasteiger partial charge in [0.1, 0.15) is 0 Å². The Morgan fingerprint density at radius 2 is 1.84 bits per heavy atom. The van der Waals surface area contributed by atoms with Crippen LogP contribution in [0.5, 0.6) is 0 Å². The summed E-state index contributed by atoms with van der Waals surface area (Å²) in [6.07, 6.45) is 2.10. The Hall–Kier alpha value is -2.48. The number of nitrogens with zero attached hydrogens (tertiary/aromatic N) is 1. The Labute approximate surface area is 191 Å². The third-order valence-electron chi connectivity index (χ3n) is 5.11. The zero-order valence-corrected chi connectivity index (χ0v) is 19.2. The van der Waals surface area contributed by atoms with Crippen molar-refractivity contribution in [2.45, 2.75) is 22.6 Å². The van der Waals surface area contributed by atoms with Crippen molar-refractivity contribution in [1.82, 2.24) is 0 Å². The van der Waals surface area contributed by atoms with Crippen LogP contribution in [0.25, 0.3) is 0 Å². The lowest BCUT2D eigenvalue weighted by Crippen LogP contribution is -2.26. The fourth-order valence-corrected chi connectivity index (χ4v) is 5.78. The average Bonchev–Trinajstić information content (AvgIpc) is 2.78. The van der Waals surface area contributed by atoms with Crippen LogP contribution < -0.4 is 9.62 Å². The van der Waals surface area contributed by atoms with Crippen LogP contribution in [0.2, 0.25) is 5.02 Å². The largest absolute Gasteiger partial charge is 0.322 e. The van der Waals surface area contributed by atoms with Gasteiger partial charge in [0.2, 0.25) is 0 Å². The first-order valence-corrected chi connectivity index (χ1v) is 12.6. The van der Waals surface area contributed by atoms with Crippen molar-refractivity contribution in [3.63, 3.8) is 0 Å². The van der Waals surface area contributed by atoms with Crippen LogP contribution in [-0.4, -0.2) is 27.1 Å². The second-order valence-corrected chi connectivity index (χ2v) is 10.7. The minimum atomic E-state index is -3.76. The van der Waals surface area contributed by atoms with Crippen LogP contribution in [0.15, 0.2) is 76.5 Å². The van der Waals surface area contributed by atoms with Gasteiger partial charge in [-0.05, 0) is 84.8 Å². The van der Waals surface area contributed by atoms with Gasteiger partial charge in [-0.1, -0.05) is 17.7 Å². The van der Waals surface area contributed by atoms with Crippen LogP contribution in [0.4, 0.5) is 11.4 Å². The SMILES string of the molecule is CN(c1cccc(Cl)c1)S(=O)(=O)c1ccc(NC(=O)c2ccc3c(c2)CCCS3)cc1. The molecule has 1 heterocycles. The second kappa shape index (κ2) is 8.94. The third kappa shape index (κ3) is 4.74. The molecule has 0 spiro atoms. The van der Waals surface area contributed by atoms with Crippen molar-refractivity contribution in [2.24, 2.45) is 0 Å². The molecule has 0 atom stereocenters. The maximum Gasteiger partial charge on any atom is 0.264 e. The highest BCUT2D eigenvalue weighted by Crippen LogP contribution is 2.31. The van der Waals surface area contributed by atoms with E-state index in [0.29, 0.717) is 22.0 Å². The number of hydrogen-bond acceptors (Lipinski definition) is 4. The summed E-state index contributed by atoms with van der Waals surface area (Å²) in [6.45, 7) is 0. The average molecular weight is 473 g/mol. The molecular formula is C23H21ClN2O3S2. The monoisotopic (exact) mass is 472 g/mol. The fourth-order valence-electron chi connectivity index (χ4n) is 3.38. The molecule has 0 bridgehead atoms. The molecule has 160 valence electrons. The van der Waals surface area contributed by atoms with Gasteiger partial charge in [0.15, 0.2) is 0 Å². The van der Waals surface area contributed by atoms with Crippen LogP contribution in [0, 0.1) is 0 Å². The van der Waals surface area contributed by atoms with Crippen molar-refractivity contribution in [1.29, 1.82) is 0 Å². The van der Waals surface area contributed by atoms with E-state index in [1.165, 1.54) is 33.9 Å². The van der Waals surface area contributed by atoms with E-state index in [1.54, 1.807) is 36.4 Å². The summed E-state index contributed by atoms with van der Waals surface area (Å²) in [5.74, 6) is 0.894. The Kier molecular flexibility index (Phi) is 6.27. The normalized spacial score (nSPS) is 13.4. The van der Waals surface area contributed by atoms with Crippen molar-refractivity contribution < 1.29 is 13.2 Å². The number of halogens is 1. The van der Waals surface area contributed by atoms with Gasteiger partial charge in [-0.25, -0.2) is 8.42 Å². The minimum Gasteiger partial charge on any atom is -0.322 e. The predicted molar refractivity (Wildman–Crippen MR) is 127 cm³/mol. The molecule has 0 aromatic heterocycles. The number of carbonyl (C=O) groups is 1. The smallest absolute Gasteiger partial charge is 0.264 e. The Morgan fingerprint density at radius 1 is 1.06 bits per heavy atom. The van der Waals surface area contributed by atoms with E-state index >= 15 is 0 Å². The summed E-state index contributed by atoms with van der Waals surface area (Å²) in [7, 11) is -2.28. The molecule has 31 heavy (non-hydrogen) atoms. The van der Waals surface area contributed by atoms with Gasteiger partial charge in [0, 0.05) is 28.2 Å². The van der Waals surface area contributed by atoms with E-state index in [-0.39, 0.29) is 10.8 Å². The van der Waals surface area contributed by atoms with Gasteiger partial charge in [0.25, 0.3) is 15.9 Å². The number of anilines is 2. The van der Waals surface area contributed by atoms with E-state index in [4.69, 9.17) is 11.6 Å². The fraction of sp³-hybridized carbons (Fsp3) is 0.174. The number of carbonyl (C=O) groups excluding carboxylic acids is 1. The molecule has 3 aromatic rings. The van der Waals surface area contributed by atoms with Crippen molar-refractivity contribution in [2.75, 3.05) is 22.4 Å². The summed E-state index contributed by atoms with van der Waals surface area (Å²) in [5.41, 5.74) is 2.80. The first-order valence-electron chi connectivity index (χ1n) is 9.76. The molecule has 0 saturated heterocycles. The van der Waals surface area contributed by atoms with Gasteiger partial charge >= 0.3 is 0 Å². The Morgan fingerprint density at radius 3 is 2.58 bits per heavy atom. The summed E-state index contributed by atoms with van der Waals surface area (Å²) < 4.78 is 27.0. The van der Waals surface area contributed by atoms with Crippen molar-refractivity contribution >= 4 is 50.7 Å². The Balaban J connectivity index is 1.49. The van der Waals surface area contributed by atoms with Crippen LogP contribution in [-0.2, 0) is 16.4 Å². The number of aryl methyl sites for hydroxylation is 1. The molecule has 0 unspecified atom stereocenters.